The zero-order valence-electron chi connectivity index (χ0n) is 15.6. The summed E-state index contributed by atoms with van der Waals surface area (Å²) in [6, 6.07) is 12.6. The molecule has 0 bridgehead atoms. The third kappa shape index (κ3) is 6.18. The van der Waals surface area contributed by atoms with Gasteiger partial charge in [0.05, 0.1) is 25.8 Å². The SMILES string of the molecule is COc1cccc(CCN(CC(=O)Nc2ccc(OC)c(Cl)c2)C(C)=O)c1. The molecule has 0 aromatic heterocycles. The predicted octanol–water partition coefficient (Wildman–Crippen LogP) is 3.39. The molecule has 0 heterocycles. The number of amides is 2. The van der Waals surface area contributed by atoms with E-state index in [1.807, 2.05) is 24.3 Å². The Kier molecular flexibility index (Phi) is 7.49. The molecule has 0 aliphatic heterocycles. The molecule has 0 aliphatic rings. The summed E-state index contributed by atoms with van der Waals surface area (Å²) in [5, 5.41) is 3.14. The molecule has 0 saturated heterocycles. The zero-order valence-corrected chi connectivity index (χ0v) is 16.4. The number of benzene rings is 2. The van der Waals surface area contributed by atoms with Crippen molar-refractivity contribution in [3.05, 3.63) is 53.1 Å². The summed E-state index contributed by atoms with van der Waals surface area (Å²) in [6.45, 7) is 1.84. The number of rotatable bonds is 8. The van der Waals surface area contributed by atoms with Crippen LogP contribution in [0.5, 0.6) is 11.5 Å². The fourth-order valence-corrected chi connectivity index (χ4v) is 2.82. The number of hydrogen-bond donors (Lipinski definition) is 1. The van der Waals surface area contributed by atoms with Gasteiger partial charge in [-0.05, 0) is 42.3 Å². The molecule has 2 aromatic carbocycles. The fourth-order valence-electron chi connectivity index (χ4n) is 2.56. The van der Waals surface area contributed by atoms with Crippen LogP contribution in [0, 0.1) is 0 Å². The van der Waals surface area contributed by atoms with Gasteiger partial charge >= 0.3 is 0 Å². The first kappa shape index (κ1) is 20.6. The third-order valence-corrected chi connectivity index (χ3v) is 4.32. The number of methoxy groups -OCH3 is 2. The van der Waals surface area contributed by atoms with Gasteiger partial charge in [-0.15, -0.1) is 0 Å². The van der Waals surface area contributed by atoms with Gasteiger partial charge in [0.1, 0.15) is 11.5 Å². The van der Waals surface area contributed by atoms with Crippen LogP contribution in [0.15, 0.2) is 42.5 Å². The normalized spacial score (nSPS) is 10.2. The van der Waals surface area contributed by atoms with E-state index in [2.05, 4.69) is 5.32 Å². The van der Waals surface area contributed by atoms with E-state index in [9.17, 15) is 9.59 Å². The Morgan fingerprint density at radius 1 is 1.11 bits per heavy atom. The molecule has 6 nitrogen and oxygen atoms in total. The Balaban J connectivity index is 1.95. The summed E-state index contributed by atoms with van der Waals surface area (Å²) in [4.78, 5) is 25.7. The molecule has 27 heavy (non-hydrogen) atoms. The van der Waals surface area contributed by atoms with Crippen molar-refractivity contribution >= 4 is 29.1 Å². The molecular formula is C20H23ClN2O4. The quantitative estimate of drug-likeness (QED) is 0.750. The lowest BCUT2D eigenvalue weighted by Gasteiger charge is -2.21. The van der Waals surface area contributed by atoms with Gasteiger partial charge in [-0.3, -0.25) is 9.59 Å². The lowest BCUT2D eigenvalue weighted by molar-refractivity contribution is -0.132. The summed E-state index contributed by atoms with van der Waals surface area (Å²) in [5.41, 5.74) is 1.57. The molecular weight excluding hydrogens is 368 g/mol. The Hall–Kier alpha value is -2.73. The summed E-state index contributed by atoms with van der Waals surface area (Å²) in [6.07, 6.45) is 0.623. The van der Waals surface area contributed by atoms with Gasteiger partial charge < -0.3 is 19.7 Å². The van der Waals surface area contributed by atoms with Crippen molar-refractivity contribution in [2.75, 3.05) is 32.6 Å². The largest absolute Gasteiger partial charge is 0.497 e. The van der Waals surface area contributed by atoms with Crippen molar-refractivity contribution in [2.24, 2.45) is 0 Å². The van der Waals surface area contributed by atoms with Crippen LogP contribution in [0.3, 0.4) is 0 Å². The highest BCUT2D eigenvalue weighted by Gasteiger charge is 2.14. The first-order valence-electron chi connectivity index (χ1n) is 8.44. The molecule has 0 spiro atoms. The second kappa shape index (κ2) is 9.83. The van der Waals surface area contributed by atoms with Gasteiger partial charge in [-0.2, -0.15) is 0 Å². The van der Waals surface area contributed by atoms with Gasteiger partial charge in [0.2, 0.25) is 11.8 Å². The van der Waals surface area contributed by atoms with E-state index in [1.54, 1.807) is 25.3 Å². The molecule has 0 aliphatic carbocycles. The summed E-state index contributed by atoms with van der Waals surface area (Å²) >= 11 is 6.06. The van der Waals surface area contributed by atoms with Crippen LogP contribution in [0.25, 0.3) is 0 Å². The van der Waals surface area contributed by atoms with E-state index in [-0.39, 0.29) is 18.4 Å². The number of ether oxygens (including phenoxy) is 2. The number of carbonyl (C=O) groups excluding carboxylic acids is 2. The Morgan fingerprint density at radius 3 is 2.52 bits per heavy atom. The Bertz CT molecular complexity index is 810. The van der Waals surface area contributed by atoms with Crippen LogP contribution in [0.2, 0.25) is 5.02 Å². The second-order valence-corrected chi connectivity index (χ2v) is 6.35. The van der Waals surface area contributed by atoms with E-state index < -0.39 is 0 Å². The maximum absolute atomic E-state index is 12.3. The van der Waals surface area contributed by atoms with Crippen molar-refractivity contribution in [3.63, 3.8) is 0 Å². The summed E-state index contributed by atoms with van der Waals surface area (Å²) in [5.74, 6) is 0.826. The number of nitrogens with zero attached hydrogens (tertiary/aromatic N) is 1. The van der Waals surface area contributed by atoms with Gasteiger partial charge in [0.15, 0.2) is 0 Å². The molecule has 1 N–H and O–H groups in total. The first-order chi connectivity index (χ1) is 12.9. The molecule has 144 valence electrons. The predicted molar refractivity (Wildman–Crippen MR) is 106 cm³/mol. The monoisotopic (exact) mass is 390 g/mol. The maximum atomic E-state index is 12.3. The van der Waals surface area contributed by atoms with E-state index in [0.717, 1.165) is 11.3 Å². The van der Waals surface area contributed by atoms with Crippen LogP contribution in [0.1, 0.15) is 12.5 Å². The third-order valence-electron chi connectivity index (χ3n) is 4.02. The summed E-state index contributed by atoms with van der Waals surface area (Å²) in [7, 11) is 3.13. The molecule has 0 saturated carbocycles. The minimum absolute atomic E-state index is 0.0387. The average molecular weight is 391 g/mol. The molecule has 2 rings (SSSR count). The van der Waals surface area contributed by atoms with Crippen molar-refractivity contribution < 1.29 is 19.1 Å². The van der Waals surface area contributed by atoms with Crippen LogP contribution < -0.4 is 14.8 Å². The molecule has 0 atom stereocenters. The van der Waals surface area contributed by atoms with Crippen molar-refractivity contribution in [3.8, 4) is 11.5 Å². The molecule has 7 heteroatoms. The Morgan fingerprint density at radius 2 is 1.89 bits per heavy atom. The summed E-state index contributed by atoms with van der Waals surface area (Å²) < 4.78 is 10.3. The zero-order chi connectivity index (χ0) is 19.8. The van der Waals surface area contributed by atoms with Crippen LogP contribution in [-0.2, 0) is 16.0 Å². The van der Waals surface area contributed by atoms with Gasteiger partial charge in [0, 0.05) is 19.2 Å². The van der Waals surface area contributed by atoms with Crippen LogP contribution in [-0.4, -0.2) is 44.0 Å². The van der Waals surface area contributed by atoms with Crippen molar-refractivity contribution in [2.45, 2.75) is 13.3 Å². The minimum Gasteiger partial charge on any atom is -0.497 e. The lowest BCUT2D eigenvalue weighted by atomic mass is 10.1. The van der Waals surface area contributed by atoms with E-state index in [4.69, 9.17) is 21.1 Å². The maximum Gasteiger partial charge on any atom is 0.243 e. The highest BCUT2D eigenvalue weighted by atomic mass is 35.5. The number of anilines is 1. The number of nitrogens with one attached hydrogen (secondary N) is 1. The Labute approximate surface area is 164 Å². The number of hydrogen-bond acceptors (Lipinski definition) is 4. The minimum atomic E-state index is -0.294. The van der Waals surface area contributed by atoms with Crippen molar-refractivity contribution in [1.82, 2.24) is 4.90 Å². The molecule has 2 amide bonds. The van der Waals surface area contributed by atoms with Crippen molar-refractivity contribution in [1.29, 1.82) is 0 Å². The standard InChI is InChI=1S/C20H23ClN2O4/c1-14(24)23(10-9-15-5-4-6-17(11-15)26-2)13-20(25)22-16-7-8-19(27-3)18(21)12-16/h4-8,11-12H,9-10,13H2,1-3H3,(H,22,25). The molecule has 0 radical (unpaired) electrons. The van der Waals surface area contributed by atoms with E-state index in [0.29, 0.717) is 29.4 Å². The van der Waals surface area contributed by atoms with E-state index >= 15 is 0 Å². The first-order valence-corrected chi connectivity index (χ1v) is 8.82. The number of carbonyl (C=O) groups is 2. The van der Waals surface area contributed by atoms with Gasteiger partial charge in [-0.1, -0.05) is 23.7 Å². The second-order valence-electron chi connectivity index (χ2n) is 5.94. The molecule has 0 unspecified atom stereocenters. The highest BCUT2D eigenvalue weighted by molar-refractivity contribution is 6.32. The lowest BCUT2D eigenvalue weighted by Crippen LogP contribution is -2.38. The highest BCUT2D eigenvalue weighted by Crippen LogP contribution is 2.27. The van der Waals surface area contributed by atoms with Crippen LogP contribution in [0.4, 0.5) is 5.69 Å². The number of halogens is 1. The average Bonchev–Trinajstić information content (AvgIpc) is 2.65. The topological polar surface area (TPSA) is 67.9 Å². The van der Waals surface area contributed by atoms with Gasteiger partial charge in [0.25, 0.3) is 0 Å². The smallest absolute Gasteiger partial charge is 0.243 e. The van der Waals surface area contributed by atoms with Crippen LogP contribution >= 0.6 is 11.6 Å². The molecule has 0 fully saturated rings. The fraction of sp³-hybridized carbons (Fsp3) is 0.300. The van der Waals surface area contributed by atoms with E-state index in [1.165, 1.54) is 18.9 Å². The molecule has 2 aromatic rings. The van der Waals surface area contributed by atoms with Gasteiger partial charge in [-0.25, -0.2) is 0 Å².